The van der Waals surface area contributed by atoms with Gasteiger partial charge in [-0.25, -0.2) is 8.42 Å². The van der Waals surface area contributed by atoms with Gasteiger partial charge in [-0.15, -0.1) is 4.83 Å². The van der Waals surface area contributed by atoms with Crippen LogP contribution in [0, 0.1) is 0 Å². The van der Waals surface area contributed by atoms with E-state index in [0.717, 1.165) is 6.42 Å². The molecule has 0 aliphatic carbocycles. The lowest BCUT2D eigenvalue weighted by Crippen LogP contribution is -2.46. The van der Waals surface area contributed by atoms with E-state index in [1.807, 2.05) is 0 Å². The minimum atomic E-state index is -3.76. The van der Waals surface area contributed by atoms with Crippen molar-refractivity contribution >= 4 is 38.9 Å². The van der Waals surface area contributed by atoms with Crippen molar-refractivity contribution < 1.29 is 17.9 Å². The fraction of sp³-hybridized carbons (Fsp3) is 0.385. The van der Waals surface area contributed by atoms with E-state index in [2.05, 4.69) is 20.9 Å². The number of carbonyl (C=O) groups is 1. The van der Waals surface area contributed by atoms with E-state index < -0.39 is 10.0 Å². The lowest BCUT2D eigenvalue weighted by Gasteiger charge is -2.12. The Labute approximate surface area is 141 Å². The average molecular weight is 360 g/mol. The normalized spacial score (nSPS) is 10.9. The molecule has 0 saturated carbocycles. The number of anilines is 1. The van der Waals surface area contributed by atoms with Gasteiger partial charge in [0.1, 0.15) is 0 Å². The molecular formula is C13H20N4O4S2. The molecule has 0 aliphatic heterocycles. The SMILES string of the molecule is COCCCNC(=S)NNS(=O)(=O)c1ccc(NC(C)=O)cc1. The molecule has 0 saturated heterocycles. The van der Waals surface area contributed by atoms with Gasteiger partial charge in [0.05, 0.1) is 4.90 Å². The van der Waals surface area contributed by atoms with E-state index in [1.165, 1.54) is 31.2 Å². The standard InChI is InChI=1S/C13H20N4O4S2/c1-10(18)15-11-4-6-12(7-5-11)23(19,20)17-16-13(22)14-8-3-9-21-2/h4-7,17H,3,8-9H2,1-2H3,(H,15,18)(H2,14,16,22). The number of rotatable bonds is 8. The first kappa shape index (κ1) is 19.3. The summed E-state index contributed by atoms with van der Waals surface area (Å²) in [6.07, 6.45) is 0.746. The number of ether oxygens (including phenoxy) is 1. The Morgan fingerprint density at radius 1 is 1.26 bits per heavy atom. The van der Waals surface area contributed by atoms with Gasteiger partial charge in [0.15, 0.2) is 5.11 Å². The Kier molecular flexibility index (Phi) is 7.89. The van der Waals surface area contributed by atoms with E-state index in [1.54, 1.807) is 7.11 Å². The van der Waals surface area contributed by atoms with Crippen LogP contribution in [0.3, 0.4) is 0 Å². The van der Waals surface area contributed by atoms with Crippen LogP contribution in [0.2, 0.25) is 0 Å². The van der Waals surface area contributed by atoms with Crippen molar-refractivity contribution in [2.45, 2.75) is 18.2 Å². The van der Waals surface area contributed by atoms with Gasteiger partial charge in [0.2, 0.25) is 5.91 Å². The maximum Gasteiger partial charge on any atom is 0.257 e. The van der Waals surface area contributed by atoms with Gasteiger partial charge < -0.3 is 15.4 Å². The molecular weight excluding hydrogens is 340 g/mol. The van der Waals surface area contributed by atoms with Crippen LogP contribution < -0.4 is 20.9 Å². The van der Waals surface area contributed by atoms with Gasteiger partial charge in [-0.05, 0) is 42.9 Å². The Balaban J connectivity index is 2.52. The molecule has 1 rings (SSSR count). The summed E-state index contributed by atoms with van der Waals surface area (Å²) in [6.45, 7) is 2.52. The van der Waals surface area contributed by atoms with Crippen molar-refractivity contribution in [2.75, 3.05) is 25.6 Å². The van der Waals surface area contributed by atoms with Gasteiger partial charge in [0.25, 0.3) is 10.0 Å². The van der Waals surface area contributed by atoms with E-state index in [4.69, 9.17) is 17.0 Å². The van der Waals surface area contributed by atoms with Gasteiger partial charge in [-0.3, -0.25) is 10.2 Å². The molecule has 0 aliphatic rings. The Morgan fingerprint density at radius 3 is 2.48 bits per heavy atom. The minimum absolute atomic E-state index is 0.0429. The lowest BCUT2D eigenvalue weighted by molar-refractivity contribution is -0.114. The van der Waals surface area contributed by atoms with Gasteiger partial charge in [0, 0.05) is 32.9 Å². The first-order valence-corrected chi connectivity index (χ1v) is 8.66. The van der Waals surface area contributed by atoms with Crippen LogP contribution in [0.4, 0.5) is 5.69 Å². The van der Waals surface area contributed by atoms with Crippen molar-refractivity contribution in [3.63, 3.8) is 0 Å². The third-order valence-corrected chi connectivity index (χ3v) is 4.10. The van der Waals surface area contributed by atoms with Crippen LogP contribution in [-0.2, 0) is 19.6 Å². The first-order chi connectivity index (χ1) is 10.8. The zero-order valence-corrected chi connectivity index (χ0v) is 14.5. The van der Waals surface area contributed by atoms with E-state index in [0.29, 0.717) is 18.8 Å². The number of benzene rings is 1. The summed E-state index contributed by atoms with van der Waals surface area (Å²) in [7, 11) is -2.16. The molecule has 0 unspecified atom stereocenters. The summed E-state index contributed by atoms with van der Waals surface area (Å²) in [6, 6.07) is 5.75. The fourth-order valence-electron chi connectivity index (χ4n) is 1.56. The smallest absolute Gasteiger partial charge is 0.257 e. The third kappa shape index (κ3) is 7.37. The highest BCUT2D eigenvalue weighted by molar-refractivity contribution is 7.89. The van der Waals surface area contributed by atoms with Gasteiger partial charge in [-0.2, -0.15) is 0 Å². The summed E-state index contributed by atoms with van der Waals surface area (Å²) in [5.41, 5.74) is 2.93. The molecule has 0 aromatic heterocycles. The molecule has 10 heteroatoms. The van der Waals surface area contributed by atoms with Gasteiger partial charge >= 0.3 is 0 Å². The topological polar surface area (TPSA) is 109 Å². The van der Waals surface area contributed by atoms with Crippen LogP contribution in [0.5, 0.6) is 0 Å². The van der Waals surface area contributed by atoms with Crippen LogP contribution in [0.15, 0.2) is 29.2 Å². The van der Waals surface area contributed by atoms with Crippen LogP contribution in [0.25, 0.3) is 0 Å². The summed E-state index contributed by atoms with van der Waals surface area (Å²) < 4.78 is 29.0. The molecule has 0 bridgehead atoms. The zero-order chi connectivity index (χ0) is 17.3. The van der Waals surface area contributed by atoms with Crippen LogP contribution in [0.1, 0.15) is 13.3 Å². The number of hydrazine groups is 1. The second-order valence-electron chi connectivity index (χ2n) is 4.54. The molecule has 8 nitrogen and oxygen atoms in total. The molecule has 1 aromatic rings. The quantitative estimate of drug-likeness (QED) is 0.301. The molecule has 0 fully saturated rings. The Bertz CT molecular complexity index is 632. The second kappa shape index (κ2) is 9.40. The molecule has 0 radical (unpaired) electrons. The second-order valence-corrected chi connectivity index (χ2v) is 6.63. The largest absolute Gasteiger partial charge is 0.385 e. The number of amides is 1. The highest BCUT2D eigenvalue weighted by Gasteiger charge is 2.14. The zero-order valence-electron chi connectivity index (χ0n) is 12.9. The number of nitrogens with one attached hydrogen (secondary N) is 4. The third-order valence-electron chi connectivity index (χ3n) is 2.59. The summed E-state index contributed by atoms with van der Waals surface area (Å²) in [5.74, 6) is -0.231. The molecule has 4 N–H and O–H groups in total. The number of methoxy groups -OCH3 is 1. The highest BCUT2D eigenvalue weighted by atomic mass is 32.2. The molecule has 0 atom stereocenters. The minimum Gasteiger partial charge on any atom is -0.385 e. The lowest BCUT2D eigenvalue weighted by atomic mass is 10.3. The van der Waals surface area contributed by atoms with Gasteiger partial charge in [-0.1, -0.05) is 0 Å². The summed E-state index contributed by atoms with van der Waals surface area (Å²) >= 11 is 4.95. The summed E-state index contributed by atoms with van der Waals surface area (Å²) in [4.78, 5) is 13.1. The Hall–Kier alpha value is -1.75. The fourth-order valence-corrected chi connectivity index (χ4v) is 2.62. The van der Waals surface area contributed by atoms with E-state index in [-0.39, 0.29) is 15.9 Å². The molecule has 128 valence electrons. The maximum atomic E-state index is 12.1. The summed E-state index contributed by atoms with van der Waals surface area (Å²) in [5, 5.41) is 5.56. The maximum absolute atomic E-state index is 12.1. The predicted molar refractivity (Wildman–Crippen MR) is 91.3 cm³/mol. The van der Waals surface area contributed by atoms with E-state index >= 15 is 0 Å². The van der Waals surface area contributed by atoms with E-state index in [9.17, 15) is 13.2 Å². The van der Waals surface area contributed by atoms with Crippen molar-refractivity contribution in [1.82, 2.24) is 15.6 Å². The van der Waals surface area contributed by atoms with Crippen molar-refractivity contribution in [1.29, 1.82) is 0 Å². The molecule has 0 spiro atoms. The number of hydrogen-bond acceptors (Lipinski definition) is 5. The van der Waals surface area contributed by atoms with Crippen molar-refractivity contribution in [3.8, 4) is 0 Å². The molecule has 1 aromatic carbocycles. The van der Waals surface area contributed by atoms with Crippen molar-refractivity contribution in [2.24, 2.45) is 0 Å². The molecule has 1 amide bonds. The monoisotopic (exact) mass is 360 g/mol. The Morgan fingerprint density at radius 2 is 1.91 bits per heavy atom. The number of carbonyl (C=O) groups excluding carboxylic acids is 1. The number of sulfonamides is 1. The molecule has 0 heterocycles. The number of hydrogen-bond donors (Lipinski definition) is 4. The van der Waals surface area contributed by atoms with Crippen LogP contribution in [-0.4, -0.2) is 39.7 Å². The van der Waals surface area contributed by atoms with Crippen molar-refractivity contribution in [3.05, 3.63) is 24.3 Å². The number of thiocarbonyl (C=S) groups is 1. The molecule has 23 heavy (non-hydrogen) atoms. The first-order valence-electron chi connectivity index (χ1n) is 6.77. The predicted octanol–water partition coefficient (Wildman–Crippen LogP) is 0.339. The van der Waals surface area contributed by atoms with Crippen LogP contribution >= 0.6 is 12.2 Å². The highest BCUT2D eigenvalue weighted by Crippen LogP contribution is 2.13. The average Bonchev–Trinajstić information content (AvgIpc) is 2.50.